The molecule has 0 aliphatic rings. The molecule has 2 aromatic rings. The minimum absolute atomic E-state index is 0.346. The predicted molar refractivity (Wildman–Crippen MR) is 80.2 cm³/mol. The van der Waals surface area contributed by atoms with E-state index in [1.807, 2.05) is 31.5 Å². The van der Waals surface area contributed by atoms with Crippen molar-refractivity contribution >= 4 is 32.7 Å². The van der Waals surface area contributed by atoms with Gasteiger partial charge in [-0.1, -0.05) is 6.07 Å². The summed E-state index contributed by atoms with van der Waals surface area (Å²) in [6.45, 7) is 2.97. The Bertz CT molecular complexity index is 630. The molecule has 7 heteroatoms. The highest BCUT2D eigenvalue weighted by Gasteiger charge is 2.18. The average molecular weight is 316 g/mol. The predicted octanol–water partition coefficient (Wildman–Crippen LogP) is 2.32. The Morgan fingerprint density at radius 3 is 2.74 bits per heavy atom. The number of aryl methyl sites for hydroxylation is 1. The Hall–Kier alpha value is -0.730. The van der Waals surface area contributed by atoms with E-state index in [0.717, 1.165) is 15.3 Å². The molecule has 0 bridgehead atoms. The molecule has 0 radical (unpaired) electrons. The van der Waals surface area contributed by atoms with Crippen molar-refractivity contribution in [1.29, 1.82) is 0 Å². The number of nitrogens with one attached hydrogen (secondary N) is 2. The van der Waals surface area contributed by atoms with Gasteiger partial charge in [0.25, 0.3) is 0 Å². The molecule has 0 spiro atoms. The average Bonchev–Trinajstić information content (AvgIpc) is 2.98. The summed E-state index contributed by atoms with van der Waals surface area (Å²) in [4.78, 5) is 2.06. The van der Waals surface area contributed by atoms with Crippen LogP contribution in [0.25, 0.3) is 0 Å². The normalized spacial score (nSPS) is 11.9. The maximum atomic E-state index is 12.2. The van der Waals surface area contributed by atoms with Crippen LogP contribution in [0.5, 0.6) is 0 Å². The van der Waals surface area contributed by atoms with Crippen molar-refractivity contribution in [2.24, 2.45) is 0 Å². The highest BCUT2D eigenvalue weighted by atomic mass is 32.2. The molecule has 4 nitrogen and oxygen atoms in total. The molecule has 0 saturated carbocycles. The summed E-state index contributed by atoms with van der Waals surface area (Å²) in [5.41, 5.74) is 1.01. The third-order valence-corrected chi connectivity index (χ3v) is 6.61. The molecule has 0 saturated heterocycles. The maximum Gasteiger partial charge on any atom is 0.250 e. The molecule has 0 amide bonds. The smallest absolute Gasteiger partial charge is 0.250 e. The Kier molecular flexibility index (Phi) is 4.75. The highest BCUT2D eigenvalue weighted by Crippen LogP contribution is 2.26. The van der Waals surface area contributed by atoms with Gasteiger partial charge >= 0.3 is 0 Å². The number of hydrogen-bond donors (Lipinski definition) is 2. The van der Waals surface area contributed by atoms with Gasteiger partial charge in [0.2, 0.25) is 10.0 Å². The third kappa shape index (κ3) is 3.64. The van der Waals surface area contributed by atoms with Crippen LogP contribution in [0.4, 0.5) is 0 Å². The summed E-state index contributed by atoms with van der Waals surface area (Å²) in [6, 6.07) is 5.56. The van der Waals surface area contributed by atoms with E-state index in [1.165, 1.54) is 11.3 Å². The first-order valence-electron chi connectivity index (χ1n) is 5.79. The molecule has 2 aromatic heterocycles. The molecule has 2 N–H and O–H groups in total. The summed E-state index contributed by atoms with van der Waals surface area (Å²) >= 11 is 2.86. The quantitative estimate of drug-likeness (QED) is 0.860. The zero-order valence-electron chi connectivity index (χ0n) is 10.8. The van der Waals surface area contributed by atoms with E-state index in [1.54, 1.807) is 17.4 Å². The Morgan fingerprint density at radius 2 is 2.11 bits per heavy atom. The minimum atomic E-state index is -3.41. The number of rotatable bonds is 6. The van der Waals surface area contributed by atoms with Gasteiger partial charge in [-0.25, -0.2) is 13.1 Å². The standard InChI is InChI=1S/C12H16N2O2S3/c1-9-6-12(18-11(9)8-13-2)19(15,16)14-7-10-4-3-5-17-10/h3-6,13-14H,7-8H2,1-2H3. The van der Waals surface area contributed by atoms with Crippen LogP contribution in [-0.2, 0) is 23.1 Å². The number of sulfonamides is 1. The van der Waals surface area contributed by atoms with Crippen LogP contribution in [0.3, 0.4) is 0 Å². The van der Waals surface area contributed by atoms with Gasteiger partial charge in [0, 0.05) is 22.8 Å². The molecule has 2 heterocycles. The van der Waals surface area contributed by atoms with Gasteiger partial charge in [-0.05, 0) is 37.0 Å². The summed E-state index contributed by atoms with van der Waals surface area (Å²) < 4.78 is 27.4. The topological polar surface area (TPSA) is 58.2 Å². The molecule has 0 atom stereocenters. The number of hydrogen-bond acceptors (Lipinski definition) is 5. The zero-order chi connectivity index (χ0) is 13.9. The van der Waals surface area contributed by atoms with Crippen LogP contribution in [0.1, 0.15) is 15.3 Å². The molecule has 2 rings (SSSR count). The molecule has 0 fully saturated rings. The van der Waals surface area contributed by atoms with Gasteiger partial charge in [0.15, 0.2) is 0 Å². The highest BCUT2D eigenvalue weighted by molar-refractivity contribution is 7.91. The Morgan fingerprint density at radius 1 is 1.32 bits per heavy atom. The van der Waals surface area contributed by atoms with Gasteiger partial charge in [0.1, 0.15) is 4.21 Å². The van der Waals surface area contributed by atoms with Crippen molar-refractivity contribution in [3.05, 3.63) is 38.9 Å². The van der Waals surface area contributed by atoms with Crippen LogP contribution in [0.15, 0.2) is 27.8 Å². The Balaban J connectivity index is 2.12. The largest absolute Gasteiger partial charge is 0.315 e. The van der Waals surface area contributed by atoms with Crippen LogP contribution < -0.4 is 10.0 Å². The second kappa shape index (κ2) is 6.15. The summed E-state index contributed by atoms with van der Waals surface area (Å²) in [7, 11) is -1.56. The van der Waals surface area contributed by atoms with Crippen LogP contribution in [0, 0.1) is 6.92 Å². The fraction of sp³-hybridized carbons (Fsp3) is 0.333. The molecule has 0 aliphatic carbocycles. The van der Waals surface area contributed by atoms with Gasteiger partial charge in [-0.2, -0.15) is 0 Å². The molecule has 0 aliphatic heterocycles. The lowest BCUT2D eigenvalue weighted by atomic mass is 10.3. The summed E-state index contributed by atoms with van der Waals surface area (Å²) in [5, 5.41) is 4.98. The van der Waals surface area contributed by atoms with E-state index in [9.17, 15) is 8.42 Å². The maximum absolute atomic E-state index is 12.2. The second-order valence-electron chi connectivity index (χ2n) is 4.11. The minimum Gasteiger partial charge on any atom is -0.315 e. The van der Waals surface area contributed by atoms with Crippen molar-refractivity contribution in [3.63, 3.8) is 0 Å². The van der Waals surface area contributed by atoms with Crippen LogP contribution in [-0.4, -0.2) is 15.5 Å². The van der Waals surface area contributed by atoms with Gasteiger partial charge in [-0.15, -0.1) is 22.7 Å². The van der Waals surface area contributed by atoms with E-state index in [4.69, 9.17) is 0 Å². The van der Waals surface area contributed by atoms with Crippen molar-refractivity contribution < 1.29 is 8.42 Å². The van der Waals surface area contributed by atoms with Crippen molar-refractivity contribution in [1.82, 2.24) is 10.0 Å². The lowest BCUT2D eigenvalue weighted by Crippen LogP contribution is -2.21. The molecule has 0 unspecified atom stereocenters. The fourth-order valence-electron chi connectivity index (χ4n) is 1.61. The van der Waals surface area contributed by atoms with Crippen molar-refractivity contribution in [2.45, 2.75) is 24.2 Å². The third-order valence-electron chi connectivity index (χ3n) is 2.62. The number of thiophene rings is 2. The van der Waals surface area contributed by atoms with Crippen LogP contribution >= 0.6 is 22.7 Å². The van der Waals surface area contributed by atoms with E-state index in [-0.39, 0.29) is 0 Å². The second-order valence-corrected chi connectivity index (χ2v) is 8.27. The van der Waals surface area contributed by atoms with E-state index in [0.29, 0.717) is 17.3 Å². The van der Waals surface area contributed by atoms with E-state index >= 15 is 0 Å². The monoisotopic (exact) mass is 316 g/mol. The molecule has 19 heavy (non-hydrogen) atoms. The zero-order valence-corrected chi connectivity index (χ0v) is 13.2. The summed E-state index contributed by atoms with van der Waals surface area (Å²) in [6.07, 6.45) is 0. The van der Waals surface area contributed by atoms with Crippen molar-refractivity contribution in [3.8, 4) is 0 Å². The first-order chi connectivity index (χ1) is 9.03. The molecule has 0 aromatic carbocycles. The van der Waals surface area contributed by atoms with E-state index in [2.05, 4.69) is 10.0 Å². The van der Waals surface area contributed by atoms with Crippen LogP contribution in [0.2, 0.25) is 0 Å². The lowest BCUT2D eigenvalue weighted by molar-refractivity contribution is 0.584. The summed E-state index contributed by atoms with van der Waals surface area (Å²) in [5.74, 6) is 0. The van der Waals surface area contributed by atoms with Gasteiger partial charge < -0.3 is 5.32 Å². The lowest BCUT2D eigenvalue weighted by Gasteiger charge is -2.02. The van der Waals surface area contributed by atoms with Gasteiger partial charge in [-0.3, -0.25) is 0 Å². The van der Waals surface area contributed by atoms with E-state index < -0.39 is 10.0 Å². The first-order valence-corrected chi connectivity index (χ1v) is 8.97. The van der Waals surface area contributed by atoms with Gasteiger partial charge in [0.05, 0.1) is 0 Å². The van der Waals surface area contributed by atoms with Crippen molar-refractivity contribution in [2.75, 3.05) is 7.05 Å². The fourth-order valence-corrected chi connectivity index (χ4v) is 5.00. The SMILES string of the molecule is CNCc1sc(S(=O)(=O)NCc2cccs2)cc1C. The Labute approximate surface area is 121 Å². The first kappa shape index (κ1) is 14.7. The molecular formula is C12H16N2O2S3. The molecule has 104 valence electrons. The molecular weight excluding hydrogens is 300 g/mol.